The Morgan fingerprint density at radius 3 is 2.57 bits per heavy atom. The van der Waals surface area contributed by atoms with Crippen LogP contribution in [0.15, 0.2) is 5.38 Å². The summed E-state index contributed by atoms with van der Waals surface area (Å²) in [6.07, 6.45) is 8.69. The molecule has 5 nitrogen and oxygen atoms in total. The number of fused-ring (bicyclic) bond motifs is 1. The first-order valence-electron chi connectivity index (χ1n) is 8.69. The Kier molecular flexibility index (Phi) is 2.90. The van der Waals surface area contributed by atoms with E-state index >= 15 is 0 Å². The predicted molar refractivity (Wildman–Crippen MR) is 89.5 cm³/mol. The van der Waals surface area contributed by atoms with Crippen LogP contribution in [0.1, 0.15) is 50.6 Å². The van der Waals surface area contributed by atoms with Crippen molar-refractivity contribution in [2.45, 2.75) is 51.9 Å². The Balaban J connectivity index is 1.31. The molecule has 4 bridgehead atoms. The Morgan fingerprint density at radius 2 is 1.96 bits per heavy atom. The summed E-state index contributed by atoms with van der Waals surface area (Å²) in [6, 6.07) is 0. The van der Waals surface area contributed by atoms with E-state index in [1.165, 1.54) is 38.5 Å². The number of amides is 1. The zero-order valence-corrected chi connectivity index (χ0v) is 14.2. The second-order valence-corrected chi connectivity index (χ2v) is 8.99. The third kappa shape index (κ3) is 2.30. The highest BCUT2D eigenvalue weighted by atomic mass is 32.1. The van der Waals surface area contributed by atoms with Crippen LogP contribution in [-0.4, -0.2) is 20.5 Å². The Morgan fingerprint density at radius 1 is 1.30 bits per heavy atom. The fourth-order valence-electron chi connectivity index (χ4n) is 5.86. The number of rotatable bonds is 3. The van der Waals surface area contributed by atoms with E-state index < -0.39 is 0 Å². The monoisotopic (exact) mass is 330 g/mol. The molecule has 0 saturated heterocycles. The highest BCUT2D eigenvalue weighted by Gasteiger charge is 2.51. The molecule has 6 heteroatoms. The lowest BCUT2D eigenvalue weighted by atomic mass is 9.49. The highest BCUT2D eigenvalue weighted by molar-refractivity contribution is 7.15. The van der Waals surface area contributed by atoms with Crippen molar-refractivity contribution in [2.24, 2.45) is 23.2 Å². The van der Waals surface area contributed by atoms with Crippen LogP contribution in [0.25, 0.3) is 4.96 Å². The molecule has 2 heterocycles. The van der Waals surface area contributed by atoms with Crippen molar-refractivity contribution in [3.63, 3.8) is 0 Å². The summed E-state index contributed by atoms with van der Waals surface area (Å²) in [5.74, 6) is 3.20. The summed E-state index contributed by atoms with van der Waals surface area (Å²) >= 11 is 1.55. The molecule has 0 spiro atoms. The van der Waals surface area contributed by atoms with E-state index in [2.05, 4.69) is 15.4 Å². The molecule has 4 fully saturated rings. The Hall–Kier alpha value is -1.43. The molecule has 1 amide bonds. The van der Waals surface area contributed by atoms with Crippen LogP contribution < -0.4 is 5.32 Å². The zero-order chi connectivity index (χ0) is 15.6. The van der Waals surface area contributed by atoms with Gasteiger partial charge in [-0.15, -0.1) is 16.4 Å². The van der Waals surface area contributed by atoms with Crippen molar-refractivity contribution in [3.05, 3.63) is 11.1 Å². The van der Waals surface area contributed by atoms with Crippen molar-refractivity contribution >= 4 is 28.2 Å². The summed E-state index contributed by atoms with van der Waals surface area (Å²) in [4.78, 5) is 17.8. The van der Waals surface area contributed by atoms with Crippen LogP contribution in [-0.2, 0) is 4.79 Å². The molecule has 0 aromatic carbocycles. The second kappa shape index (κ2) is 4.79. The van der Waals surface area contributed by atoms with E-state index in [-0.39, 0.29) is 11.3 Å². The first kappa shape index (κ1) is 14.0. The van der Waals surface area contributed by atoms with Gasteiger partial charge in [-0.1, -0.05) is 0 Å². The topological polar surface area (TPSA) is 59.3 Å². The molecule has 4 saturated carbocycles. The molecule has 2 aromatic heterocycles. The highest BCUT2D eigenvalue weighted by Crippen LogP contribution is 2.61. The van der Waals surface area contributed by atoms with Crippen molar-refractivity contribution in [2.75, 3.05) is 5.32 Å². The Bertz CT molecular complexity index is 741. The predicted octanol–water partition coefficient (Wildman–Crippen LogP) is 3.64. The number of nitrogens with zero attached hydrogens (tertiary/aromatic N) is 3. The van der Waals surface area contributed by atoms with Crippen LogP contribution in [0.4, 0.5) is 5.95 Å². The number of nitrogens with one attached hydrogen (secondary N) is 1. The van der Waals surface area contributed by atoms with Crippen molar-refractivity contribution in [1.29, 1.82) is 0 Å². The number of anilines is 1. The minimum atomic E-state index is 0.0999. The maximum atomic E-state index is 12.6. The lowest BCUT2D eigenvalue weighted by Crippen LogP contribution is -2.47. The fourth-order valence-corrected chi connectivity index (χ4v) is 6.66. The summed E-state index contributed by atoms with van der Waals surface area (Å²) in [6.45, 7) is 2.00. The quantitative estimate of drug-likeness (QED) is 0.934. The number of thiazole rings is 1. The molecule has 23 heavy (non-hydrogen) atoms. The summed E-state index contributed by atoms with van der Waals surface area (Å²) < 4.78 is 1.80. The van der Waals surface area contributed by atoms with Crippen molar-refractivity contribution < 1.29 is 4.79 Å². The van der Waals surface area contributed by atoms with Crippen LogP contribution in [0.3, 0.4) is 0 Å². The van der Waals surface area contributed by atoms with Gasteiger partial charge in [-0.3, -0.25) is 10.1 Å². The van der Waals surface area contributed by atoms with Gasteiger partial charge < -0.3 is 0 Å². The van der Waals surface area contributed by atoms with Gasteiger partial charge in [-0.05, 0) is 68.6 Å². The first-order chi connectivity index (χ1) is 11.1. The molecule has 0 unspecified atom stereocenters. The van der Waals surface area contributed by atoms with Gasteiger partial charge in [0.05, 0.1) is 5.69 Å². The molecule has 0 radical (unpaired) electrons. The molecule has 4 aliphatic rings. The molecule has 0 aliphatic heterocycles. The molecule has 122 valence electrons. The minimum absolute atomic E-state index is 0.0999. The number of aryl methyl sites for hydroxylation is 1. The van der Waals surface area contributed by atoms with Gasteiger partial charge in [0.15, 0.2) is 0 Å². The van der Waals surface area contributed by atoms with E-state index in [4.69, 9.17) is 0 Å². The summed E-state index contributed by atoms with van der Waals surface area (Å²) in [5, 5.41) is 9.36. The van der Waals surface area contributed by atoms with Gasteiger partial charge in [0.2, 0.25) is 16.8 Å². The summed E-state index contributed by atoms with van der Waals surface area (Å²) in [5.41, 5.74) is 1.32. The van der Waals surface area contributed by atoms with Gasteiger partial charge in [0.1, 0.15) is 0 Å². The molecular weight excluding hydrogens is 308 g/mol. The van der Waals surface area contributed by atoms with Crippen LogP contribution in [0, 0.1) is 30.1 Å². The molecule has 6 rings (SSSR count). The van der Waals surface area contributed by atoms with Crippen molar-refractivity contribution in [3.8, 4) is 0 Å². The lowest BCUT2D eigenvalue weighted by Gasteiger charge is -2.56. The van der Waals surface area contributed by atoms with Crippen molar-refractivity contribution in [1.82, 2.24) is 14.6 Å². The van der Waals surface area contributed by atoms with E-state index in [9.17, 15) is 4.79 Å². The van der Waals surface area contributed by atoms with E-state index in [1.54, 1.807) is 15.9 Å². The number of carbonyl (C=O) groups excluding carboxylic acids is 1. The maximum Gasteiger partial charge on any atom is 0.250 e. The van der Waals surface area contributed by atoms with Crippen LogP contribution >= 0.6 is 11.3 Å². The maximum absolute atomic E-state index is 12.6. The SMILES string of the molecule is Cc1csc2nc(NC(=O)CC34CC5CC(CC(C5)C3)C4)nn12. The second-order valence-electron chi connectivity index (χ2n) is 8.15. The van der Waals surface area contributed by atoms with Crippen LogP contribution in [0.2, 0.25) is 0 Å². The zero-order valence-electron chi connectivity index (χ0n) is 13.4. The lowest BCUT2D eigenvalue weighted by molar-refractivity contribution is -0.124. The van der Waals surface area contributed by atoms with Gasteiger partial charge in [0, 0.05) is 11.8 Å². The molecule has 1 N–H and O–H groups in total. The van der Waals surface area contributed by atoms with Gasteiger partial charge >= 0.3 is 0 Å². The average Bonchev–Trinajstić information content (AvgIpc) is 2.98. The summed E-state index contributed by atoms with van der Waals surface area (Å²) in [7, 11) is 0. The molecule has 4 aliphatic carbocycles. The molecule has 0 atom stereocenters. The van der Waals surface area contributed by atoms with E-state index in [0.717, 1.165) is 28.4 Å². The number of hydrogen-bond acceptors (Lipinski definition) is 4. The fraction of sp³-hybridized carbons (Fsp3) is 0.706. The average molecular weight is 330 g/mol. The molecular formula is C17H22N4OS. The normalized spacial score (nSPS) is 35.1. The van der Waals surface area contributed by atoms with E-state index in [0.29, 0.717) is 12.4 Å². The molecule has 2 aromatic rings. The first-order valence-corrected chi connectivity index (χ1v) is 9.57. The van der Waals surface area contributed by atoms with Crippen LogP contribution in [0.5, 0.6) is 0 Å². The number of aromatic nitrogens is 3. The van der Waals surface area contributed by atoms with E-state index in [1.807, 2.05) is 12.3 Å². The smallest absolute Gasteiger partial charge is 0.250 e. The standard InChI is InChI=1S/C17H22N4OS/c1-10-9-23-16-19-15(20-21(10)16)18-14(22)8-17-5-11-2-12(6-17)4-13(3-11)7-17/h9,11-13H,2-8H2,1H3,(H,18,20,22). The Labute approximate surface area is 139 Å². The third-order valence-corrected chi connectivity index (χ3v) is 7.13. The van der Waals surface area contributed by atoms with Gasteiger partial charge in [-0.25, -0.2) is 4.52 Å². The largest absolute Gasteiger partial charge is 0.293 e. The van der Waals surface area contributed by atoms with Gasteiger partial charge in [-0.2, -0.15) is 4.98 Å². The number of carbonyl (C=O) groups is 1. The number of hydrogen-bond donors (Lipinski definition) is 1. The van der Waals surface area contributed by atoms with Gasteiger partial charge in [0.25, 0.3) is 0 Å². The minimum Gasteiger partial charge on any atom is -0.293 e. The third-order valence-electron chi connectivity index (χ3n) is 6.20.